The van der Waals surface area contributed by atoms with E-state index in [1.54, 1.807) is 0 Å². The molecule has 3 aromatic heterocycles. The topological polar surface area (TPSA) is 33.5 Å². The summed E-state index contributed by atoms with van der Waals surface area (Å²) in [5.41, 5.74) is 20.5. The number of benzene rings is 9. The molecule has 0 radical (unpaired) electrons. The van der Waals surface area contributed by atoms with E-state index in [-0.39, 0.29) is 54.6 Å². The van der Waals surface area contributed by atoms with Gasteiger partial charge in [-0.2, -0.15) is 6.07 Å². The number of hydrogen-bond donors (Lipinski definition) is 0. The van der Waals surface area contributed by atoms with Crippen LogP contribution in [-0.2, 0) is 42.7 Å². The minimum Gasteiger partial charge on any atom is -0.509 e. The summed E-state index contributed by atoms with van der Waals surface area (Å²) in [5.74, 6) is 2.56. The van der Waals surface area contributed by atoms with Crippen molar-refractivity contribution in [3.05, 3.63) is 234 Å². The molecule has 0 aliphatic carbocycles. The standard InChI is InChI=1S/C82H81N4OS.Pt/c1-50(2)62-23-21-24-63(51(3)4)75(62)54-42-59(47-61(43-54)87-60-36-37-66-72(48-60)86(74-46-57(40-41-83-74)81(11,12)13)71-39-38-65-64-22-17-20-27-73(64)88-78(65)76(66)71)84-49-85(70-26-19-18-25-69(70)84)77-67(52-28-32-55(33-29-52)79(5,6)7)44-58(82(14,15)16)45-68(77)53-30-34-56(35-31-53)80(8,9)10;/h17-46,49-51H,1-16H3;/q-3;. The Hall–Kier alpha value is -7.76. The molecule has 0 N–H and O–H groups in total. The Balaban J connectivity index is 0.00000769. The van der Waals surface area contributed by atoms with E-state index in [1.807, 2.05) is 17.5 Å². The normalized spacial score (nSPS) is 13.2. The van der Waals surface area contributed by atoms with Crippen molar-refractivity contribution in [2.24, 2.45) is 0 Å². The van der Waals surface area contributed by atoms with Gasteiger partial charge >= 0.3 is 0 Å². The molecule has 0 atom stereocenters. The zero-order chi connectivity index (χ0) is 61.9. The van der Waals surface area contributed by atoms with Crippen molar-refractivity contribution in [1.29, 1.82) is 0 Å². The van der Waals surface area contributed by atoms with Crippen LogP contribution < -0.4 is 14.5 Å². The van der Waals surface area contributed by atoms with Crippen LogP contribution in [0.1, 0.15) is 156 Å². The first-order valence-corrected chi connectivity index (χ1v) is 32.2. The van der Waals surface area contributed by atoms with Crippen LogP contribution in [-0.4, -0.2) is 9.55 Å². The fourth-order valence-corrected chi connectivity index (χ4v) is 14.2. The maximum absolute atomic E-state index is 7.32. The van der Waals surface area contributed by atoms with E-state index in [2.05, 4.69) is 320 Å². The fourth-order valence-electron chi connectivity index (χ4n) is 12.9. The Morgan fingerprint density at radius 2 is 1.04 bits per heavy atom. The van der Waals surface area contributed by atoms with Gasteiger partial charge in [0.2, 0.25) is 0 Å². The monoisotopic (exact) mass is 1360 g/mol. The van der Waals surface area contributed by atoms with Crippen molar-refractivity contribution in [3.8, 4) is 50.7 Å². The van der Waals surface area contributed by atoms with Crippen LogP contribution in [0.25, 0.3) is 81.2 Å². The Kier molecular flexibility index (Phi) is 15.8. The number of para-hydroxylation sites is 2. The first-order chi connectivity index (χ1) is 41.8. The molecule has 0 spiro atoms. The number of pyridine rings is 1. The zero-order valence-electron chi connectivity index (χ0n) is 54.5. The van der Waals surface area contributed by atoms with Crippen molar-refractivity contribution in [1.82, 2.24) is 9.55 Å². The summed E-state index contributed by atoms with van der Waals surface area (Å²) < 4.78 is 12.1. The van der Waals surface area contributed by atoms with Crippen molar-refractivity contribution >= 4 is 76.1 Å². The molecule has 0 saturated carbocycles. The van der Waals surface area contributed by atoms with Gasteiger partial charge in [-0.15, -0.1) is 65.0 Å². The summed E-state index contributed by atoms with van der Waals surface area (Å²) in [6.45, 7) is 39.0. The molecule has 454 valence electrons. The summed E-state index contributed by atoms with van der Waals surface area (Å²) in [6.07, 6.45) is 1.94. The van der Waals surface area contributed by atoms with Crippen LogP contribution >= 0.6 is 11.3 Å². The van der Waals surface area contributed by atoms with Crippen LogP contribution in [0.4, 0.5) is 22.7 Å². The molecular weight excluding hydrogens is 1280 g/mol. The molecule has 0 bridgehead atoms. The maximum atomic E-state index is 7.32. The molecule has 5 nitrogen and oxygen atoms in total. The molecule has 9 aromatic carbocycles. The van der Waals surface area contributed by atoms with Crippen LogP contribution in [0.15, 0.2) is 182 Å². The minimum absolute atomic E-state index is 0. The van der Waals surface area contributed by atoms with E-state index in [1.165, 1.54) is 86.8 Å². The summed E-state index contributed by atoms with van der Waals surface area (Å²) in [7, 11) is 0. The predicted octanol–water partition coefficient (Wildman–Crippen LogP) is 23.8. The molecule has 89 heavy (non-hydrogen) atoms. The number of thiophene rings is 1. The molecule has 13 rings (SSSR count). The first kappa shape index (κ1) is 61.5. The van der Waals surface area contributed by atoms with Gasteiger partial charge in [-0.05, 0) is 137 Å². The summed E-state index contributed by atoms with van der Waals surface area (Å²) in [6, 6.07) is 73.4. The molecule has 1 aliphatic rings. The molecule has 7 heteroatoms. The van der Waals surface area contributed by atoms with E-state index in [9.17, 15) is 0 Å². The van der Waals surface area contributed by atoms with Gasteiger partial charge in [-0.1, -0.05) is 219 Å². The first-order valence-electron chi connectivity index (χ1n) is 31.4. The smallest absolute Gasteiger partial charge is 0.135 e. The Morgan fingerprint density at radius 1 is 0.483 bits per heavy atom. The van der Waals surface area contributed by atoms with Gasteiger partial charge in [0.25, 0.3) is 0 Å². The van der Waals surface area contributed by atoms with E-state index in [0.29, 0.717) is 11.5 Å². The van der Waals surface area contributed by atoms with Gasteiger partial charge in [0.1, 0.15) is 5.82 Å². The number of anilines is 4. The third-order valence-corrected chi connectivity index (χ3v) is 19.1. The molecule has 0 unspecified atom stereocenters. The Bertz CT molecular complexity index is 4560. The molecule has 0 amide bonds. The third-order valence-electron chi connectivity index (χ3n) is 17.9. The molecule has 0 saturated heterocycles. The van der Waals surface area contributed by atoms with E-state index < -0.39 is 0 Å². The molecular formula is C82H81N4OPtS-3. The Labute approximate surface area is 546 Å². The number of nitrogens with zero attached hydrogens (tertiary/aromatic N) is 4. The van der Waals surface area contributed by atoms with E-state index in [4.69, 9.17) is 9.72 Å². The van der Waals surface area contributed by atoms with Crippen molar-refractivity contribution in [2.45, 2.75) is 144 Å². The van der Waals surface area contributed by atoms with Crippen LogP contribution in [0.2, 0.25) is 0 Å². The third kappa shape index (κ3) is 11.3. The van der Waals surface area contributed by atoms with Crippen LogP contribution in [0.5, 0.6) is 11.5 Å². The zero-order valence-corrected chi connectivity index (χ0v) is 57.6. The second kappa shape index (κ2) is 22.9. The number of aromatic nitrogens is 2. The van der Waals surface area contributed by atoms with Crippen molar-refractivity contribution in [3.63, 3.8) is 0 Å². The van der Waals surface area contributed by atoms with Gasteiger partial charge in [0.05, 0.1) is 0 Å². The largest absolute Gasteiger partial charge is 0.509 e. The number of rotatable bonds is 10. The van der Waals surface area contributed by atoms with Gasteiger partial charge in [-0.3, -0.25) is 0 Å². The second-order valence-corrected chi connectivity index (χ2v) is 30.1. The van der Waals surface area contributed by atoms with Crippen LogP contribution in [0.3, 0.4) is 0 Å². The predicted molar refractivity (Wildman–Crippen MR) is 376 cm³/mol. The van der Waals surface area contributed by atoms with Gasteiger partial charge in [0.15, 0.2) is 0 Å². The van der Waals surface area contributed by atoms with Crippen molar-refractivity contribution < 1.29 is 25.8 Å². The number of hydrogen-bond acceptors (Lipinski definition) is 5. The van der Waals surface area contributed by atoms with Gasteiger partial charge < -0.3 is 19.1 Å². The van der Waals surface area contributed by atoms with E-state index in [0.717, 1.165) is 50.6 Å². The van der Waals surface area contributed by atoms with Crippen LogP contribution in [0, 0.1) is 18.8 Å². The number of ether oxygens (including phenoxy) is 1. The maximum Gasteiger partial charge on any atom is 0.135 e. The van der Waals surface area contributed by atoms with Gasteiger partial charge in [-0.25, -0.2) is 4.98 Å². The molecule has 0 fully saturated rings. The molecule has 1 aliphatic heterocycles. The SMILES string of the molecule is CC(C)c1cccc(C(C)C)c1-c1cc(Oc2[c-]c3c(cc2)c2c4sc5ccccc5c4ccc2n3-c2cc(C(C)(C)C)ccn2)[c-]c(N2[CH-]N(c3c(-c4ccc(C(C)(C)C)cc4)cc(C(C)(C)C)cc3-c3ccc(C(C)(C)C)cc3)c3ccccc32)c1.[Pt]. The average molecular weight is 1370 g/mol. The molecule has 12 aromatic rings. The average Bonchev–Trinajstić information content (AvgIpc) is 1.61. The Morgan fingerprint density at radius 3 is 1.63 bits per heavy atom. The summed E-state index contributed by atoms with van der Waals surface area (Å²) >= 11 is 1.85. The van der Waals surface area contributed by atoms with Crippen molar-refractivity contribution in [2.75, 3.05) is 9.80 Å². The second-order valence-electron chi connectivity index (χ2n) is 29.0. The number of fused-ring (bicyclic) bond motifs is 8. The summed E-state index contributed by atoms with van der Waals surface area (Å²) in [4.78, 5) is 9.85. The summed E-state index contributed by atoms with van der Waals surface area (Å²) in [5, 5.41) is 4.81. The molecule has 4 heterocycles. The fraction of sp³-hybridized carbons (Fsp3) is 0.268. The van der Waals surface area contributed by atoms with E-state index >= 15 is 0 Å². The minimum atomic E-state index is -0.136. The quantitative estimate of drug-likeness (QED) is 0.128. The van der Waals surface area contributed by atoms with Gasteiger partial charge in [0, 0.05) is 92.6 Å².